The molecule has 0 aliphatic rings. The van der Waals surface area contributed by atoms with Gasteiger partial charge in [0.15, 0.2) is 0 Å². The Labute approximate surface area is 162 Å². The molecular formula is C22H21BrFNO. The Bertz CT molecular complexity index is 864. The minimum absolute atomic E-state index is 0.201. The summed E-state index contributed by atoms with van der Waals surface area (Å²) in [5, 5.41) is 3.41. The van der Waals surface area contributed by atoms with Crippen LogP contribution in [0.25, 0.3) is 0 Å². The molecule has 0 heterocycles. The fourth-order valence-electron chi connectivity index (χ4n) is 2.60. The Hall–Kier alpha value is -2.33. The summed E-state index contributed by atoms with van der Waals surface area (Å²) in [5.41, 5.74) is 4.10. The van der Waals surface area contributed by atoms with Crippen LogP contribution in [0.5, 0.6) is 5.75 Å². The van der Waals surface area contributed by atoms with E-state index in [-0.39, 0.29) is 12.4 Å². The molecule has 0 unspecified atom stereocenters. The molecule has 0 aromatic heterocycles. The van der Waals surface area contributed by atoms with Crippen molar-refractivity contribution in [2.24, 2.45) is 0 Å². The van der Waals surface area contributed by atoms with Crippen LogP contribution in [0.1, 0.15) is 23.6 Å². The second kappa shape index (κ2) is 8.86. The number of hydrogen-bond acceptors (Lipinski definition) is 2. The lowest BCUT2D eigenvalue weighted by Crippen LogP contribution is -2.01. The minimum Gasteiger partial charge on any atom is -0.488 e. The van der Waals surface area contributed by atoms with E-state index in [9.17, 15) is 4.39 Å². The summed E-state index contributed by atoms with van der Waals surface area (Å²) >= 11 is 3.54. The van der Waals surface area contributed by atoms with Gasteiger partial charge >= 0.3 is 0 Å². The average molecular weight is 414 g/mol. The van der Waals surface area contributed by atoms with Crippen LogP contribution in [0.3, 0.4) is 0 Å². The number of anilines is 1. The lowest BCUT2D eigenvalue weighted by atomic mass is 10.1. The zero-order valence-electron chi connectivity index (χ0n) is 14.6. The van der Waals surface area contributed by atoms with E-state index in [1.165, 1.54) is 11.6 Å². The SMILES string of the molecule is CCc1ccc(NCc2ccc(OCc3ccccc3F)c(Br)c2)cc1. The second-order valence-corrected chi connectivity index (χ2v) is 6.90. The van der Waals surface area contributed by atoms with Gasteiger partial charge in [-0.1, -0.05) is 43.3 Å². The number of halogens is 2. The fourth-order valence-corrected chi connectivity index (χ4v) is 3.15. The molecule has 0 amide bonds. The molecule has 0 saturated carbocycles. The van der Waals surface area contributed by atoms with Crippen molar-refractivity contribution < 1.29 is 9.13 Å². The quantitative estimate of drug-likeness (QED) is 0.487. The minimum atomic E-state index is -0.251. The number of ether oxygens (including phenoxy) is 1. The Morgan fingerprint density at radius 3 is 2.38 bits per heavy atom. The van der Waals surface area contributed by atoms with E-state index >= 15 is 0 Å². The van der Waals surface area contributed by atoms with Crippen LogP contribution in [0.4, 0.5) is 10.1 Å². The van der Waals surface area contributed by atoms with E-state index in [0.717, 1.165) is 28.7 Å². The molecule has 4 heteroatoms. The molecule has 3 rings (SSSR count). The van der Waals surface area contributed by atoms with Crippen molar-refractivity contribution in [2.75, 3.05) is 5.32 Å². The highest BCUT2D eigenvalue weighted by Crippen LogP contribution is 2.27. The van der Waals surface area contributed by atoms with Crippen LogP contribution < -0.4 is 10.1 Å². The van der Waals surface area contributed by atoms with Gasteiger partial charge in [-0.3, -0.25) is 0 Å². The van der Waals surface area contributed by atoms with E-state index in [2.05, 4.69) is 52.4 Å². The van der Waals surface area contributed by atoms with Gasteiger partial charge in [-0.25, -0.2) is 4.39 Å². The molecule has 0 aliphatic heterocycles. The number of benzene rings is 3. The summed E-state index contributed by atoms with van der Waals surface area (Å²) in [6, 6.07) is 21.0. The first-order chi connectivity index (χ1) is 12.7. The highest BCUT2D eigenvalue weighted by molar-refractivity contribution is 9.10. The fraction of sp³-hybridized carbons (Fsp3) is 0.182. The molecule has 3 aromatic carbocycles. The van der Waals surface area contributed by atoms with E-state index in [1.54, 1.807) is 18.2 Å². The lowest BCUT2D eigenvalue weighted by Gasteiger charge is -2.12. The number of nitrogens with one attached hydrogen (secondary N) is 1. The monoisotopic (exact) mass is 413 g/mol. The smallest absolute Gasteiger partial charge is 0.134 e. The molecule has 1 N–H and O–H groups in total. The highest BCUT2D eigenvalue weighted by Gasteiger charge is 2.06. The van der Waals surface area contributed by atoms with Gasteiger partial charge in [0.1, 0.15) is 18.2 Å². The van der Waals surface area contributed by atoms with Gasteiger partial charge in [0.2, 0.25) is 0 Å². The topological polar surface area (TPSA) is 21.3 Å². The van der Waals surface area contributed by atoms with Crippen molar-refractivity contribution in [3.63, 3.8) is 0 Å². The predicted octanol–water partition coefficient (Wildman–Crippen LogP) is 6.34. The van der Waals surface area contributed by atoms with Gasteiger partial charge in [0.05, 0.1) is 4.47 Å². The van der Waals surface area contributed by atoms with Crippen molar-refractivity contribution in [1.82, 2.24) is 0 Å². The third kappa shape index (κ3) is 4.85. The van der Waals surface area contributed by atoms with Gasteiger partial charge < -0.3 is 10.1 Å². The van der Waals surface area contributed by atoms with Crippen LogP contribution in [0.2, 0.25) is 0 Å². The molecular weight excluding hydrogens is 393 g/mol. The Kier molecular flexibility index (Phi) is 6.29. The molecule has 134 valence electrons. The normalized spacial score (nSPS) is 10.6. The first-order valence-corrected chi connectivity index (χ1v) is 9.42. The summed E-state index contributed by atoms with van der Waals surface area (Å²) in [4.78, 5) is 0. The van der Waals surface area contributed by atoms with Crippen molar-refractivity contribution in [3.05, 3.63) is 93.7 Å². The molecule has 0 atom stereocenters. The van der Waals surface area contributed by atoms with E-state index in [1.807, 2.05) is 18.2 Å². The number of aryl methyl sites for hydroxylation is 1. The molecule has 0 spiro atoms. The van der Waals surface area contributed by atoms with Crippen molar-refractivity contribution in [2.45, 2.75) is 26.5 Å². The molecule has 2 nitrogen and oxygen atoms in total. The maximum atomic E-state index is 13.7. The highest BCUT2D eigenvalue weighted by atomic mass is 79.9. The average Bonchev–Trinajstić information content (AvgIpc) is 2.67. The Morgan fingerprint density at radius 1 is 0.962 bits per heavy atom. The maximum absolute atomic E-state index is 13.7. The molecule has 0 fully saturated rings. The largest absolute Gasteiger partial charge is 0.488 e. The number of hydrogen-bond donors (Lipinski definition) is 1. The molecule has 0 bridgehead atoms. The predicted molar refractivity (Wildman–Crippen MR) is 108 cm³/mol. The van der Waals surface area contributed by atoms with E-state index < -0.39 is 0 Å². The second-order valence-electron chi connectivity index (χ2n) is 6.05. The zero-order valence-corrected chi connectivity index (χ0v) is 16.2. The van der Waals surface area contributed by atoms with Crippen molar-refractivity contribution in [3.8, 4) is 5.75 Å². The summed E-state index contributed by atoms with van der Waals surface area (Å²) in [7, 11) is 0. The number of rotatable bonds is 7. The molecule has 26 heavy (non-hydrogen) atoms. The van der Waals surface area contributed by atoms with Gasteiger partial charge in [0.25, 0.3) is 0 Å². The van der Waals surface area contributed by atoms with Crippen LogP contribution >= 0.6 is 15.9 Å². The van der Waals surface area contributed by atoms with Crippen molar-refractivity contribution >= 4 is 21.6 Å². The molecule has 0 radical (unpaired) electrons. The van der Waals surface area contributed by atoms with Crippen molar-refractivity contribution in [1.29, 1.82) is 0 Å². The van der Waals surface area contributed by atoms with Gasteiger partial charge in [0, 0.05) is 17.8 Å². The van der Waals surface area contributed by atoms with Crippen LogP contribution in [-0.4, -0.2) is 0 Å². The summed E-state index contributed by atoms with van der Waals surface area (Å²) in [5.74, 6) is 0.447. The van der Waals surface area contributed by atoms with Crippen LogP contribution in [-0.2, 0) is 19.6 Å². The third-order valence-corrected chi connectivity index (χ3v) is 4.82. The summed E-state index contributed by atoms with van der Waals surface area (Å²) < 4.78 is 20.3. The van der Waals surface area contributed by atoms with Gasteiger partial charge in [-0.05, 0) is 63.8 Å². The molecule has 0 saturated heterocycles. The van der Waals surface area contributed by atoms with E-state index in [4.69, 9.17) is 4.74 Å². The Morgan fingerprint density at radius 2 is 1.69 bits per heavy atom. The van der Waals surface area contributed by atoms with Crippen LogP contribution in [0, 0.1) is 5.82 Å². The maximum Gasteiger partial charge on any atom is 0.134 e. The third-order valence-electron chi connectivity index (χ3n) is 4.20. The van der Waals surface area contributed by atoms with Gasteiger partial charge in [-0.15, -0.1) is 0 Å². The first-order valence-electron chi connectivity index (χ1n) is 8.63. The van der Waals surface area contributed by atoms with Crippen LogP contribution in [0.15, 0.2) is 71.2 Å². The first kappa shape index (κ1) is 18.5. The molecule has 3 aromatic rings. The van der Waals surface area contributed by atoms with Gasteiger partial charge in [-0.2, -0.15) is 0 Å². The Balaban J connectivity index is 1.59. The standard InChI is InChI=1S/C22H21BrFNO/c1-2-16-7-10-19(11-8-16)25-14-17-9-12-22(20(23)13-17)26-15-18-5-3-4-6-21(18)24/h3-13,25H,2,14-15H2,1H3. The zero-order chi connectivity index (χ0) is 18.4. The lowest BCUT2D eigenvalue weighted by molar-refractivity contribution is 0.298. The summed E-state index contributed by atoms with van der Waals surface area (Å²) in [6.07, 6.45) is 1.04. The summed E-state index contributed by atoms with van der Waals surface area (Å²) in [6.45, 7) is 3.07. The molecule has 0 aliphatic carbocycles. The van der Waals surface area contributed by atoms with E-state index in [0.29, 0.717) is 11.3 Å².